The molecule has 0 aliphatic rings. The Labute approximate surface area is 92.1 Å². The number of aryl methyl sites for hydroxylation is 1. The van der Waals surface area contributed by atoms with E-state index in [9.17, 15) is 14.4 Å². The van der Waals surface area contributed by atoms with Gasteiger partial charge in [0, 0.05) is 25.0 Å². The molecule has 1 heterocycles. The van der Waals surface area contributed by atoms with Crippen molar-refractivity contribution >= 4 is 11.8 Å². The molecule has 6 nitrogen and oxygen atoms in total. The minimum absolute atomic E-state index is 0.00523. The molecule has 0 saturated carbocycles. The SMILES string of the molecule is Cc1cc(=O)c(C(=O)N(C)CC(N)=O)c[nH]1. The van der Waals surface area contributed by atoms with Crippen LogP contribution in [0.5, 0.6) is 0 Å². The summed E-state index contributed by atoms with van der Waals surface area (Å²) in [5.74, 6) is -1.15. The van der Waals surface area contributed by atoms with E-state index >= 15 is 0 Å². The standard InChI is InChI=1S/C10H13N3O3/c1-6-3-8(14)7(4-12-6)10(16)13(2)5-9(11)15/h3-4H,5H2,1-2H3,(H2,11,15)(H,12,14). The molecule has 0 fully saturated rings. The number of nitrogens with one attached hydrogen (secondary N) is 1. The summed E-state index contributed by atoms with van der Waals surface area (Å²) in [4.78, 5) is 37.7. The van der Waals surface area contributed by atoms with E-state index < -0.39 is 11.8 Å². The number of nitrogens with two attached hydrogens (primary N) is 1. The van der Waals surface area contributed by atoms with Crippen molar-refractivity contribution in [2.24, 2.45) is 5.73 Å². The lowest BCUT2D eigenvalue weighted by atomic mass is 10.2. The van der Waals surface area contributed by atoms with E-state index in [-0.39, 0.29) is 17.5 Å². The lowest BCUT2D eigenvalue weighted by Gasteiger charge is -2.14. The average molecular weight is 223 g/mol. The van der Waals surface area contributed by atoms with Crippen LogP contribution >= 0.6 is 0 Å². The molecule has 0 spiro atoms. The van der Waals surface area contributed by atoms with Gasteiger partial charge in [0.15, 0.2) is 5.43 Å². The van der Waals surface area contributed by atoms with Gasteiger partial charge in [-0.15, -0.1) is 0 Å². The number of amides is 2. The molecule has 0 bridgehead atoms. The number of carbonyl (C=O) groups excluding carboxylic acids is 2. The van der Waals surface area contributed by atoms with Crippen molar-refractivity contribution in [2.75, 3.05) is 13.6 Å². The Hall–Kier alpha value is -2.11. The Balaban J connectivity index is 2.97. The van der Waals surface area contributed by atoms with Crippen LogP contribution in [0.3, 0.4) is 0 Å². The van der Waals surface area contributed by atoms with E-state index in [4.69, 9.17) is 5.73 Å². The molecule has 1 aromatic heterocycles. The molecule has 0 radical (unpaired) electrons. The molecule has 6 heteroatoms. The van der Waals surface area contributed by atoms with E-state index in [1.165, 1.54) is 19.3 Å². The molecular formula is C10H13N3O3. The molecular weight excluding hydrogens is 210 g/mol. The van der Waals surface area contributed by atoms with Gasteiger partial charge in [-0.3, -0.25) is 14.4 Å². The Morgan fingerprint density at radius 3 is 2.62 bits per heavy atom. The fourth-order valence-electron chi connectivity index (χ4n) is 1.25. The van der Waals surface area contributed by atoms with Crippen LogP contribution in [0.15, 0.2) is 17.1 Å². The summed E-state index contributed by atoms with van der Waals surface area (Å²) in [6.45, 7) is 1.49. The first-order valence-electron chi connectivity index (χ1n) is 4.65. The summed E-state index contributed by atoms with van der Waals surface area (Å²) in [6, 6.07) is 1.32. The van der Waals surface area contributed by atoms with Gasteiger partial charge in [0.05, 0.1) is 6.54 Å². The van der Waals surface area contributed by atoms with Crippen LogP contribution in [0.4, 0.5) is 0 Å². The van der Waals surface area contributed by atoms with Gasteiger partial charge >= 0.3 is 0 Å². The van der Waals surface area contributed by atoms with Crippen molar-refractivity contribution in [1.29, 1.82) is 0 Å². The molecule has 0 atom stereocenters. The highest BCUT2D eigenvalue weighted by atomic mass is 16.2. The average Bonchev–Trinajstić information content (AvgIpc) is 2.15. The number of likely N-dealkylation sites (N-methyl/N-ethyl adjacent to an activating group) is 1. The summed E-state index contributed by atoms with van der Waals surface area (Å²) in [5, 5.41) is 0. The molecule has 16 heavy (non-hydrogen) atoms. The van der Waals surface area contributed by atoms with Crippen molar-refractivity contribution in [3.05, 3.63) is 33.7 Å². The highest BCUT2D eigenvalue weighted by Gasteiger charge is 2.16. The van der Waals surface area contributed by atoms with Crippen molar-refractivity contribution in [1.82, 2.24) is 9.88 Å². The highest BCUT2D eigenvalue weighted by molar-refractivity contribution is 5.95. The van der Waals surface area contributed by atoms with Gasteiger partial charge in [0.2, 0.25) is 5.91 Å². The maximum Gasteiger partial charge on any atom is 0.259 e. The van der Waals surface area contributed by atoms with Gasteiger partial charge in [0.1, 0.15) is 5.56 Å². The Kier molecular flexibility index (Phi) is 3.44. The predicted molar refractivity (Wildman–Crippen MR) is 58.0 cm³/mol. The lowest BCUT2D eigenvalue weighted by Crippen LogP contribution is -2.37. The van der Waals surface area contributed by atoms with Gasteiger partial charge in [-0.2, -0.15) is 0 Å². The Morgan fingerprint density at radius 2 is 2.12 bits per heavy atom. The van der Waals surface area contributed by atoms with Gasteiger partial charge in [-0.05, 0) is 6.92 Å². The molecule has 0 aliphatic heterocycles. The molecule has 0 aliphatic carbocycles. The zero-order chi connectivity index (χ0) is 12.3. The summed E-state index contributed by atoms with van der Waals surface area (Å²) in [6.07, 6.45) is 1.33. The molecule has 86 valence electrons. The number of carbonyl (C=O) groups is 2. The van der Waals surface area contributed by atoms with Crippen LogP contribution in [-0.4, -0.2) is 35.3 Å². The van der Waals surface area contributed by atoms with Gasteiger partial charge in [-0.25, -0.2) is 0 Å². The van der Waals surface area contributed by atoms with Crippen molar-refractivity contribution < 1.29 is 9.59 Å². The minimum atomic E-state index is -0.626. The Bertz CT molecular complexity index is 478. The number of aromatic nitrogens is 1. The largest absolute Gasteiger partial charge is 0.368 e. The number of hydrogen-bond acceptors (Lipinski definition) is 3. The van der Waals surface area contributed by atoms with E-state index in [0.717, 1.165) is 4.90 Å². The summed E-state index contributed by atoms with van der Waals surface area (Å²) >= 11 is 0. The molecule has 3 N–H and O–H groups in total. The number of nitrogens with zero attached hydrogens (tertiary/aromatic N) is 1. The van der Waals surface area contributed by atoms with Crippen molar-refractivity contribution in [3.8, 4) is 0 Å². The predicted octanol–water partition coefficient (Wildman–Crippen LogP) is -0.759. The van der Waals surface area contributed by atoms with Crippen LogP contribution in [-0.2, 0) is 4.79 Å². The zero-order valence-corrected chi connectivity index (χ0v) is 9.11. The number of H-pyrrole nitrogens is 1. The zero-order valence-electron chi connectivity index (χ0n) is 9.11. The van der Waals surface area contributed by atoms with Crippen LogP contribution in [0, 0.1) is 6.92 Å². The molecule has 0 unspecified atom stereocenters. The maximum absolute atomic E-state index is 11.7. The second kappa shape index (κ2) is 4.61. The van der Waals surface area contributed by atoms with Crippen LogP contribution in [0.25, 0.3) is 0 Å². The first kappa shape index (κ1) is 12.0. The van der Waals surface area contributed by atoms with E-state index in [1.54, 1.807) is 6.92 Å². The van der Waals surface area contributed by atoms with Crippen molar-refractivity contribution in [3.63, 3.8) is 0 Å². The second-order valence-electron chi connectivity index (χ2n) is 3.52. The summed E-state index contributed by atoms with van der Waals surface area (Å²) in [7, 11) is 1.41. The number of primary amides is 1. The first-order valence-corrected chi connectivity index (χ1v) is 4.65. The van der Waals surface area contributed by atoms with E-state index in [2.05, 4.69) is 4.98 Å². The molecule has 1 aromatic rings. The monoisotopic (exact) mass is 223 g/mol. The molecule has 0 aromatic carbocycles. The molecule has 2 amide bonds. The number of pyridine rings is 1. The van der Waals surface area contributed by atoms with Crippen LogP contribution in [0.2, 0.25) is 0 Å². The summed E-state index contributed by atoms with van der Waals surface area (Å²) in [5.41, 5.74) is 5.24. The quantitative estimate of drug-likeness (QED) is 0.705. The van der Waals surface area contributed by atoms with Crippen molar-refractivity contribution in [2.45, 2.75) is 6.92 Å². The van der Waals surface area contributed by atoms with Crippen LogP contribution < -0.4 is 11.2 Å². The number of aromatic amines is 1. The molecule has 0 saturated heterocycles. The fourth-order valence-corrected chi connectivity index (χ4v) is 1.25. The number of hydrogen-bond donors (Lipinski definition) is 2. The Morgan fingerprint density at radius 1 is 1.50 bits per heavy atom. The van der Waals surface area contributed by atoms with E-state index in [0.29, 0.717) is 5.69 Å². The third-order valence-electron chi connectivity index (χ3n) is 2.03. The normalized spacial score (nSPS) is 9.88. The number of rotatable bonds is 3. The topological polar surface area (TPSA) is 96.3 Å². The fraction of sp³-hybridized carbons (Fsp3) is 0.300. The lowest BCUT2D eigenvalue weighted by molar-refractivity contribution is -0.118. The highest BCUT2D eigenvalue weighted by Crippen LogP contribution is 1.97. The van der Waals surface area contributed by atoms with Crippen LogP contribution in [0.1, 0.15) is 16.1 Å². The maximum atomic E-state index is 11.7. The molecule has 1 rings (SSSR count). The third-order valence-corrected chi connectivity index (χ3v) is 2.03. The minimum Gasteiger partial charge on any atom is -0.368 e. The first-order chi connectivity index (χ1) is 7.41. The summed E-state index contributed by atoms with van der Waals surface area (Å²) < 4.78 is 0. The van der Waals surface area contributed by atoms with Gasteiger partial charge < -0.3 is 15.6 Å². The van der Waals surface area contributed by atoms with Gasteiger partial charge in [0.25, 0.3) is 5.91 Å². The van der Waals surface area contributed by atoms with E-state index in [1.807, 2.05) is 0 Å². The van der Waals surface area contributed by atoms with Gasteiger partial charge in [-0.1, -0.05) is 0 Å². The second-order valence-corrected chi connectivity index (χ2v) is 3.52. The third kappa shape index (κ3) is 2.69. The smallest absolute Gasteiger partial charge is 0.259 e.